The summed E-state index contributed by atoms with van der Waals surface area (Å²) in [5.74, 6) is -1.10. The fraction of sp³-hybridized carbons (Fsp3) is 0.250. The number of H-pyrrole nitrogens is 1. The number of fused-ring (bicyclic) bond motifs is 1. The topological polar surface area (TPSA) is 77.1 Å². The number of aryl methyl sites for hydroxylation is 1. The van der Waals surface area contributed by atoms with Crippen LogP contribution in [0.15, 0.2) is 35.6 Å². The molecular formula is C16H13F4N3O3S. The quantitative estimate of drug-likeness (QED) is 0.608. The Morgan fingerprint density at radius 3 is 2.44 bits per heavy atom. The lowest BCUT2D eigenvalue weighted by Gasteiger charge is -2.11. The molecular weight excluding hydrogens is 390 g/mol. The number of benzene rings is 1. The average molecular weight is 403 g/mol. The van der Waals surface area contributed by atoms with Gasteiger partial charge in [0.05, 0.1) is 33.3 Å². The van der Waals surface area contributed by atoms with E-state index in [9.17, 15) is 21.8 Å². The molecule has 0 saturated carbocycles. The van der Waals surface area contributed by atoms with E-state index in [-0.39, 0.29) is 21.9 Å². The number of alkyl halides is 4. The molecule has 6 nitrogen and oxygen atoms in total. The van der Waals surface area contributed by atoms with Gasteiger partial charge in [0.1, 0.15) is 0 Å². The smallest absolute Gasteiger partial charge is 0.387 e. The van der Waals surface area contributed by atoms with Crippen molar-refractivity contribution in [3.8, 4) is 11.5 Å². The summed E-state index contributed by atoms with van der Waals surface area (Å²) in [4.78, 5) is 10.9. The molecule has 2 aromatic heterocycles. The van der Waals surface area contributed by atoms with Crippen molar-refractivity contribution in [2.45, 2.75) is 31.1 Å². The number of pyridine rings is 1. The lowest BCUT2D eigenvalue weighted by atomic mass is 10.2. The van der Waals surface area contributed by atoms with Crippen molar-refractivity contribution < 1.29 is 31.2 Å². The molecule has 0 bridgehead atoms. The molecule has 1 atom stereocenters. The summed E-state index contributed by atoms with van der Waals surface area (Å²) in [5, 5.41) is 0.0484. The molecule has 11 heteroatoms. The second-order valence-electron chi connectivity index (χ2n) is 5.37. The minimum absolute atomic E-state index is 0.0484. The van der Waals surface area contributed by atoms with Gasteiger partial charge >= 0.3 is 13.2 Å². The number of halogens is 4. The van der Waals surface area contributed by atoms with E-state index in [1.165, 1.54) is 0 Å². The van der Waals surface area contributed by atoms with Gasteiger partial charge in [0, 0.05) is 18.3 Å². The van der Waals surface area contributed by atoms with Crippen LogP contribution in [0.1, 0.15) is 11.3 Å². The predicted molar refractivity (Wildman–Crippen MR) is 88.4 cm³/mol. The highest BCUT2D eigenvalue weighted by Crippen LogP contribution is 2.34. The fourth-order valence-electron chi connectivity index (χ4n) is 2.34. The maximum absolute atomic E-state index is 12.5. The number of hydrogen-bond donors (Lipinski definition) is 1. The molecule has 144 valence electrons. The van der Waals surface area contributed by atoms with Crippen molar-refractivity contribution in [2.24, 2.45) is 0 Å². The highest BCUT2D eigenvalue weighted by atomic mass is 32.2. The molecule has 0 aliphatic carbocycles. The van der Waals surface area contributed by atoms with Crippen LogP contribution in [-0.4, -0.2) is 32.4 Å². The normalized spacial score (nSPS) is 12.7. The van der Waals surface area contributed by atoms with E-state index in [2.05, 4.69) is 24.4 Å². The first-order valence-electron chi connectivity index (χ1n) is 7.55. The van der Waals surface area contributed by atoms with E-state index in [1.807, 2.05) is 13.0 Å². The van der Waals surface area contributed by atoms with Crippen LogP contribution >= 0.6 is 0 Å². The van der Waals surface area contributed by atoms with Crippen LogP contribution in [0.3, 0.4) is 0 Å². The van der Waals surface area contributed by atoms with Gasteiger partial charge < -0.3 is 14.5 Å². The number of nitrogens with zero attached hydrogens (tertiary/aromatic N) is 2. The lowest BCUT2D eigenvalue weighted by Crippen LogP contribution is -2.07. The minimum atomic E-state index is -3.23. The van der Waals surface area contributed by atoms with Crippen LogP contribution in [0.5, 0.6) is 11.5 Å². The summed E-state index contributed by atoms with van der Waals surface area (Å²) in [6.45, 7) is -4.65. The van der Waals surface area contributed by atoms with E-state index < -0.39 is 35.5 Å². The molecule has 2 heterocycles. The summed E-state index contributed by atoms with van der Waals surface area (Å²) in [5.41, 5.74) is 1.77. The van der Waals surface area contributed by atoms with E-state index in [0.29, 0.717) is 5.69 Å². The predicted octanol–water partition coefficient (Wildman–Crippen LogP) is 3.78. The van der Waals surface area contributed by atoms with Gasteiger partial charge in [0.2, 0.25) is 0 Å². The number of nitrogens with one attached hydrogen (secondary N) is 1. The molecule has 1 aromatic carbocycles. The minimum Gasteiger partial charge on any atom is -0.431 e. The van der Waals surface area contributed by atoms with Gasteiger partial charge in [-0.2, -0.15) is 17.6 Å². The monoisotopic (exact) mass is 403 g/mol. The van der Waals surface area contributed by atoms with E-state index in [4.69, 9.17) is 0 Å². The van der Waals surface area contributed by atoms with Crippen molar-refractivity contribution in [3.05, 3.63) is 41.7 Å². The molecule has 27 heavy (non-hydrogen) atoms. The summed E-state index contributed by atoms with van der Waals surface area (Å²) in [7, 11) is -1.62. The number of aromatic nitrogens is 3. The first-order valence-corrected chi connectivity index (χ1v) is 8.87. The summed E-state index contributed by atoms with van der Waals surface area (Å²) >= 11 is 0. The first kappa shape index (κ1) is 19.1. The highest BCUT2D eigenvalue weighted by molar-refractivity contribution is 7.84. The summed E-state index contributed by atoms with van der Waals surface area (Å²) in [6, 6.07) is 5.62. The zero-order chi connectivity index (χ0) is 19.6. The summed E-state index contributed by atoms with van der Waals surface area (Å²) in [6.07, 6.45) is 1.57. The van der Waals surface area contributed by atoms with Crippen LogP contribution in [0, 0.1) is 6.92 Å². The second kappa shape index (κ2) is 7.91. The van der Waals surface area contributed by atoms with E-state index >= 15 is 0 Å². The number of ether oxygens (including phenoxy) is 2. The van der Waals surface area contributed by atoms with Gasteiger partial charge in [0.15, 0.2) is 16.7 Å². The molecule has 1 unspecified atom stereocenters. The van der Waals surface area contributed by atoms with Gasteiger partial charge in [-0.15, -0.1) is 0 Å². The Hall–Kier alpha value is -2.69. The Morgan fingerprint density at radius 1 is 1.15 bits per heavy atom. The molecule has 0 amide bonds. The SMILES string of the molecule is Cc1cccnc1CS(=O)c1nc2cc(OC(F)F)c(OC(F)F)cc2[nH]1. The van der Waals surface area contributed by atoms with Gasteiger partial charge in [-0.3, -0.25) is 9.19 Å². The van der Waals surface area contributed by atoms with Crippen LogP contribution < -0.4 is 9.47 Å². The van der Waals surface area contributed by atoms with Crippen LogP contribution in [-0.2, 0) is 16.6 Å². The molecule has 0 fully saturated rings. The Labute approximate surface area is 153 Å². The van der Waals surface area contributed by atoms with Gasteiger partial charge in [0.25, 0.3) is 0 Å². The largest absolute Gasteiger partial charge is 0.431 e. The van der Waals surface area contributed by atoms with Crippen LogP contribution in [0.4, 0.5) is 17.6 Å². The van der Waals surface area contributed by atoms with Crippen molar-refractivity contribution in [1.29, 1.82) is 0 Å². The second-order valence-corrected chi connectivity index (χ2v) is 6.74. The Balaban J connectivity index is 1.94. The molecule has 0 aliphatic heterocycles. The third kappa shape index (κ3) is 4.54. The molecule has 0 aliphatic rings. The van der Waals surface area contributed by atoms with Crippen LogP contribution in [0.2, 0.25) is 0 Å². The van der Waals surface area contributed by atoms with Gasteiger partial charge in [-0.25, -0.2) is 4.98 Å². The molecule has 0 saturated heterocycles. The third-order valence-electron chi connectivity index (χ3n) is 3.56. The molecule has 1 N–H and O–H groups in total. The van der Waals surface area contributed by atoms with Crippen molar-refractivity contribution in [1.82, 2.24) is 15.0 Å². The maximum atomic E-state index is 12.5. The molecule has 0 radical (unpaired) electrons. The van der Waals surface area contributed by atoms with E-state index in [1.54, 1.807) is 12.3 Å². The summed E-state index contributed by atoms with van der Waals surface area (Å²) < 4.78 is 71.0. The van der Waals surface area contributed by atoms with Crippen molar-refractivity contribution >= 4 is 21.8 Å². The number of aromatic amines is 1. The number of hydrogen-bond acceptors (Lipinski definition) is 5. The molecule has 3 rings (SSSR count). The van der Waals surface area contributed by atoms with Crippen molar-refractivity contribution in [3.63, 3.8) is 0 Å². The highest BCUT2D eigenvalue weighted by Gasteiger charge is 2.19. The zero-order valence-electron chi connectivity index (χ0n) is 13.8. The van der Waals surface area contributed by atoms with E-state index in [0.717, 1.165) is 17.7 Å². The number of imidazole rings is 1. The molecule has 0 spiro atoms. The first-order chi connectivity index (χ1) is 12.8. The maximum Gasteiger partial charge on any atom is 0.387 e. The Kier molecular flexibility index (Phi) is 5.59. The van der Waals surface area contributed by atoms with Crippen LogP contribution in [0.25, 0.3) is 11.0 Å². The van der Waals surface area contributed by atoms with Gasteiger partial charge in [-0.05, 0) is 18.6 Å². The number of rotatable bonds is 7. The lowest BCUT2D eigenvalue weighted by molar-refractivity contribution is -0.0690. The molecule has 3 aromatic rings. The Morgan fingerprint density at radius 2 is 1.81 bits per heavy atom. The standard InChI is InChI=1S/C16H13F4N3O3S/c1-8-3-2-4-21-11(8)7-27(24)16-22-9-5-12(25-14(17)18)13(26-15(19)20)6-10(9)23-16/h2-6,14-15H,7H2,1H3,(H,22,23). The zero-order valence-corrected chi connectivity index (χ0v) is 14.6. The van der Waals surface area contributed by atoms with Gasteiger partial charge in [-0.1, -0.05) is 6.07 Å². The van der Waals surface area contributed by atoms with Crippen molar-refractivity contribution in [2.75, 3.05) is 0 Å². The third-order valence-corrected chi connectivity index (χ3v) is 4.72. The Bertz CT molecular complexity index is 934. The average Bonchev–Trinajstić information content (AvgIpc) is 2.99. The fourth-order valence-corrected chi connectivity index (χ4v) is 3.45.